The molecule has 2 aromatic rings. The number of carbonyl (C=O) groups is 1. The molecule has 4 nitrogen and oxygen atoms in total. The second kappa shape index (κ2) is 8.65. The number of hydrogen-bond acceptors (Lipinski definition) is 3. The molecule has 7 heteroatoms. The maximum absolute atomic E-state index is 12.7. The Morgan fingerprint density at radius 1 is 1.14 bits per heavy atom. The van der Waals surface area contributed by atoms with E-state index in [1.54, 1.807) is 7.11 Å². The molecule has 0 aliphatic carbocycles. The fraction of sp³-hybridized carbons (Fsp3) is 0.381. The lowest BCUT2D eigenvalue weighted by Gasteiger charge is -2.28. The van der Waals surface area contributed by atoms with Gasteiger partial charge in [0.2, 0.25) is 0 Å². The molecule has 150 valence electrons. The Hall–Kier alpha value is -2.54. The highest BCUT2D eigenvalue weighted by Gasteiger charge is 2.30. The van der Waals surface area contributed by atoms with Crippen molar-refractivity contribution < 1.29 is 22.7 Å². The van der Waals surface area contributed by atoms with Gasteiger partial charge in [0.1, 0.15) is 5.75 Å². The zero-order valence-electron chi connectivity index (χ0n) is 15.6. The average molecular weight is 392 g/mol. The van der Waals surface area contributed by atoms with Gasteiger partial charge in [-0.25, -0.2) is 0 Å². The first-order chi connectivity index (χ1) is 13.4. The van der Waals surface area contributed by atoms with Crippen LogP contribution in [-0.4, -0.2) is 37.6 Å². The number of alkyl halides is 3. The first-order valence-corrected chi connectivity index (χ1v) is 9.22. The van der Waals surface area contributed by atoms with E-state index in [0.717, 1.165) is 49.4 Å². The summed E-state index contributed by atoms with van der Waals surface area (Å²) in [5.74, 6) is 0.358. The molecule has 1 heterocycles. The molecule has 1 amide bonds. The smallest absolute Gasteiger partial charge is 0.416 e. The summed E-state index contributed by atoms with van der Waals surface area (Å²) in [6.45, 7) is 2.25. The number of nitrogens with one attached hydrogen (secondary N) is 1. The average Bonchev–Trinajstić information content (AvgIpc) is 3.22. The minimum Gasteiger partial charge on any atom is -0.497 e. The van der Waals surface area contributed by atoms with E-state index in [1.807, 2.05) is 24.3 Å². The summed E-state index contributed by atoms with van der Waals surface area (Å²) in [5.41, 5.74) is 0.475. The minimum absolute atomic E-state index is 0.0176. The van der Waals surface area contributed by atoms with Gasteiger partial charge in [0.15, 0.2) is 0 Å². The lowest BCUT2D eigenvalue weighted by molar-refractivity contribution is -0.137. The third-order valence-corrected chi connectivity index (χ3v) is 4.99. The van der Waals surface area contributed by atoms with Crippen molar-refractivity contribution in [3.05, 3.63) is 65.2 Å². The van der Waals surface area contributed by atoms with Crippen LogP contribution in [0.5, 0.6) is 5.75 Å². The summed E-state index contributed by atoms with van der Waals surface area (Å²) in [6, 6.07) is 12.0. The van der Waals surface area contributed by atoms with Crippen LogP contribution in [0.25, 0.3) is 0 Å². The number of hydrogen-bond donors (Lipinski definition) is 1. The Kier molecular flexibility index (Phi) is 6.24. The molecule has 1 N–H and O–H groups in total. The molecule has 1 aliphatic rings. The van der Waals surface area contributed by atoms with E-state index < -0.39 is 11.7 Å². The van der Waals surface area contributed by atoms with Gasteiger partial charge in [-0.3, -0.25) is 9.69 Å². The summed E-state index contributed by atoms with van der Waals surface area (Å²) in [5, 5.41) is 2.87. The van der Waals surface area contributed by atoms with Gasteiger partial charge in [0.25, 0.3) is 5.91 Å². The van der Waals surface area contributed by atoms with Gasteiger partial charge in [0.05, 0.1) is 18.7 Å². The number of likely N-dealkylation sites (tertiary alicyclic amines) is 1. The molecule has 0 aromatic heterocycles. The second-order valence-corrected chi connectivity index (χ2v) is 6.82. The highest BCUT2D eigenvalue weighted by Crippen LogP contribution is 2.29. The number of ether oxygens (including phenoxy) is 1. The maximum Gasteiger partial charge on any atom is 0.416 e. The lowest BCUT2D eigenvalue weighted by Crippen LogP contribution is -2.36. The van der Waals surface area contributed by atoms with Crippen LogP contribution in [0.15, 0.2) is 48.5 Å². The van der Waals surface area contributed by atoms with Gasteiger partial charge in [0, 0.05) is 12.1 Å². The second-order valence-electron chi connectivity index (χ2n) is 6.82. The van der Waals surface area contributed by atoms with Crippen molar-refractivity contribution in [2.24, 2.45) is 0 Å². The third kappa shape index (κ3) is 4.84. The highest BCUT2D eigenvalue weighted by atomic mass is 19.4. The van der Waals surface area contributed by atoms with Gasteiger partial charge in [-0.15, -0.1) is 0 Å². The molecule has 0 radical (unpaired) electrons. The molecule has 0 spiro atoms. The first-order valence-electron chi connectivity index (χ1n) is 9.22. The summed E-state index contributed by atoms with van der Waals surface area (Å²) >= 11 is 0. The van der Waals surface area contributed by atoms with Crippen molar-refractivity contribution in [2.75, 3.05) is 26.7 Å². The van der Waals surface area contributed by atoms with E-state index in [4.69, 9.17) is 4.74 Å². The SMILES string of the molecule is COc1cccc(C(CNC(=O)c2ccc(C(F)(F)F)cc2)N2CCCC2)c1. The Morgan fingerprint density at radius 2 is 1.82 bits per heavy atom. The minimum atomic E-state index is -4.41. The standard InChI is InChI=1S/C21H23F3N2O2/c1-28-18-6-4-5-16(13-18)19(26-11-2-3-12-26)14-25-20(27)15-7-9-17(10-8-15)21(22,23)24/h4-10,13,19H,2-3,11-12,14H2,1H3,(H,25,27). The molecule has 1 atom stereocenters. The zero-order valence-corrected chi connectivity index (χ0v) is 15.6. The molecule has 3 rings (SSSR count). The van der Waals surface area contributed by atoms with Gasteiger partial charge < -0.3 is 10.1 Å². The number of carbonyl (C=O) groups excluding carboxylic acids is 1. The van der Waals surface area contributed by atoms with Crippen LogP contribution in [0.1, 0.15) is 40.4 Å². The van der Waals surface area contributed by atoms with Crippen LogP contribution in [0.3, 0.4) is 0 Å². The van der Waals surface area contributed by atoms with E-state index >= 15 is 0 Å². The number of amides is 1. The zero-order chi connectivity index (χ0) is 20.1. The number of halogens is 3. The number of benzene rings is 2. The molecular weight excluding hydrogens is 369 g/mol. The molecule has 1 unspecified atom stereocenters. The Balaban J connectivity index is 1.71. The summed E-state index contributed by atoms with van der Waals surface area (Å²) in [7, 11) is 1.61. The third-order valence-electron chi connectivity index (χ3n) is 4.99. The van der Waals surface area contributed by atoms with E-state index in [9.17, 15) is 18.0 Å². The van der Waals surface area contributed by atoms with Gasteiger partial charge >= 0.3 is 6.18 Å². The quantitative estimate of drug-likeness (QED) is 0.798. The predicted molar refractivity (Wildman–Crippen MR) is 100 cm³/mol. The first kappa shape index (κ1) is 20.2. The topological polar surface area (TPSA) is 41.6 Å². The summed E-state index contributed by atoms with van der Waals surface area (Å²) in [4.78, 5) is 14.8. The molecular formula is C21H23F3N2O2. The number of rotatable bonds is 6. The monoisotopic (exact) mass is 392 g/mol. The molecule has 1 saturated heterocycles. The van der Waals surface area contributed by atoms with Gasteiger partial charge in [-0.2, -0.15) is 13.2 Å². The summed E-state index contributed by atoms with van der Waals surface area (Å²) in [6.07, 6.45) is -2.21. The fourth-order valence-electron chi connectivity index (χ4n) is 3.46. The van der Waals surface area contributed by atoms with Crippen LogP contribution in [0, 0.1) is 0 Å². The Bertz CT molecular complexity index is 800. The summed E-state index contributed by atoms with van der Waals surface area (Å²) < 4.78 is 43.3. The molecule has 0 saturated carbocycles. The van der Waals surface area contributed by atoms with Crippen molar-refractivity contribution in [2.45, 2.75) is 25.1 Å². The number of nitrogens with zero attached hydrogens (tertiary/aromatic N) is 1. The number of methoxy groups -OCH3 is 1. The van der Waals surface area contributed by atoms with Crippen molar-refractivity contribution in [3.63, 3.8) is 0 Å². The molecule has 28 heavy (non-hydrogen) atoms. The predicted octanol–water partition coefficient (Wildman–Crippen LogP) is 4.28. The van der Waals surface area contributed by atoms with Crippen molar-refractivity contribution in [3.8, 4) is 5.75 Å². The van der Waals surface area contributed by atoms with Crippen LogP contribution >= 0.6 is 0 Å². The molecule has 2 aromatic carbocycles. The maximum atomic E-state index is 12.7. The molecule has 1 aliphatic heterocycles. The normalized spacial score (nSPS) is 16.0. The van der Waals surface area contributed by atoms with E-state index in [-0.39, 0.29) is 17.5 Å². The highest BCUT2D eigenvalue weighted by molar-refractivity contribution is 5.94. The lowest BCUT2D eigenvalue weighted by atomic mass is 10.0. The van der Waals surface area contributed by atoms with Crippen molar-refractivity contribution in [1.82, 2.24) is 10.2 Å². The Labute approximate surface area is 162 Å². The molecule has 0 bridgehead atoms. The van der Waals surface area contributed by atoms with Crippen molar-refractivity contribution in [1.29, 1.82) is 0 Å². The van der Waals surface area contributed by atoms with Gasteiger partial charge in [-0.05, 0) is 67.9 Å². The van der Waals surface area contributed by atoms with Gasteiger partial charge in [-0.1, -0.05) is 12.1 Å². The van der Waals surface area contributed by atoms with E-state index in [0.29, 0.717) is 6.54 Å². The molecule has 1 fully saturated rings. The van der Waals surface area contributed by atoms with Crippen LogP contribution in [0.2, 0.25) is 0 Å². The van der Waals surface area contributed by atoms with Crippen LogP contribution in [-0.2, 0) is 6.18 Å². The largest absolute Gasteiger partial charge is 0.497 e. The van der Waals surface area contributed by atoms with E-state index in [2.05, 4.69) is 10.2 Å². The fourth-order valence-corrected chi connectivity index (χ4v) is 3.46. The van der Waals surface area contributed by atoms with Crippen molar-refractivity contribution >= 4 is 5.91 Å². The van der Waals surface area contributed by atoms with Crippen LogP contribution < -0.4 is 10.1 Å². The van der Waals surface area contributed by atoms with Crippen LogP contribution in [0.4, 0.5) is 13.2 Å². The van der Waals surface area contributed by atoms with E-state index in [1.165, 1.54) is 12.1 Å². The Morgan fingerprint density at radius 3 is 2.43 bits per heavy atom.